The molecule has 7 nitrogen and oxygen atoms in total. The highest BCUT2D eigenvalue weighted by atomic mass is 16.6. The summed E-state index contributed by atoms with van der Waals surface area (Å²) in [6.45, 7) is 6.89. The molecule has 0 radical (unpaired) electrons. The molecular formula is C19H33N3O4. The summed E-state index contributed by atoms with van der Waals surface area (Å²) in [5.41, 5.74) is -0.972. The molecule has 3 rings (SSSR count). The van der Waals surface area contributed by atoms with Crippen LogP contribution in [0.5, 0.6) is 0 Å². The highest BCUT2D eigenvalue weighted by Gasteiger charge is 2.47. The Morgan fingerprint density at radius 1 is 1.27 bits per heavy atom. The maximum atomic E-state index is 12.1. The SMILES string of the molecule is CCOC(=O)N1CCC(O)(CN2CC[C@]3(C)NC(=O)CCCC[C@H]23)CC1. The van der Waals surface area contributed by atoms with Gasteiger partial charge in [-0.2, -0.15) is 0 Å². The molecular weight excluding hydrogens is 334 g/mol. The van der Waals surface area contributed by atoms with Crippen LogP contribution < -0.4 is 5.32 Å². The molecule has 0 aromatic heterocycles. The third-order valence-corrected chi connectivity index (χ3v) is 6.37. The maximum absolute atomic E-state index is 12.1. The van der Waals surface area contributed by atoms with Crippen LogP contribution in [0.3, 0.4) is 0 Å². The predicted molar refractivity (Wildman–Crippen MR) is 97.8 cm³/mol. The van der Waals surface area contributed by atoms with Gasteiger partial charge < -0.3 is 20.1 Å². The van der Waals surface area contributed by atoms with Crippen molar-refractivity contribution in [3.8, 4) is 0 Å². The normalized spacial score (nSPS) is 32.3. The molecule has 3 aliphatic rings. The average Bonchev–Trinajstić information content (AvgIpc) is 2.85. The second-order valence-electron chi connectivity index (χ2n) is 8.36. The third kappa shape index (κ3) is 4.14. The number of carbonyl (C=O) groups is 2. The molecule has 3 fully saturated rings. The first-order valence-electron chi connectivity index (χ1n) is 10.0. The molecule has 0 bridgehead atoms. The van der Waals surface area contributed by atoms with Gasteiger partial charge in [0.15, 0.2) is 0 Å². The van der Waals surface area contributed by atoms with Gasteiger partial charge in [-0.05, 0) is 46.0 Å². The zero-order valence-electron chi connectivity index (χ0n) is 16.1. The largest absolute Gasteiger partial charge is 0.450 e. The summed E-state index contributed by atoms with van der Waals surface area (Å²) >= 11 is 0. The smallest absolute Gasteiger partial charge is 0.409 e. The molecule has 148 valence electrons. The molecule has 0 aromatic rings. The number of nitrogens with one attached hydrogen (secondary N) is 1. The first kappa shape index (κ1) is 19.4. The van der Waals surface area contributed by atoms with E-state index in [0.717, 1.165) is 32.2 Å². The lowest BCUT2D eigenvalue weighted by atomic mass is 9.85. The van der Waals surface area contributed by atoms with Gasteiger partial charge in [-0.3, -0.25) is 9.69 Å². The molecule has 0 aromatic carbocycles. The molecule has 7 heteroatoms. The van der Waals surface area contributed by atoms with E-state index in [1.165, 1.54) is 0 Å². The zero-order chi connectivity index (χ0) is 18.8. The van der Waals surface area contributed by atoms with Crippen LogP contribution in [0.25, 0.3) is 0 Å². The summed E-state index contributed by atoms with van der Waals surface area (Å²) in [5, 5.41) is 14.3. The number of amides is 2. The van der Waals surface area contributed by atoms with Crippen LogP contribution >= 0.6 is 0 Å². The highest BCUT2D eigenvalue weighted by Crippen LogP contribution is 2.36. The number of aliphatic hydroxyl groups is 1. The van der Waals surface area contributed by atoms with E-state index in [1.54, 1.807) is 11.8 Å². The van der Waals surface area contributed by atoms with Gasteiger partial charge in [0.1, 0.15) is 0 Å². The fourth-order valence-electron chi connectivity index (χ4n) is 4.80. The number of rotatable bonds is 3. The summed E-state index contributed by atoms with van der Waals surface area (Å²) in [5.74, 6) is 0.153. The molecule has 0 saturated carbocycles. The van der Waals surface area contributed by atoms with Crippen LogP contribution in [0.15, 0.2) is 0 Å². The number of nitrogens with zero attached hydrogens (tertiary/aromatic N) is 2. The van der Waals surface area contributed by atoms with Crippen molar-refractivity contribution in [2.45, 2.75) is 76.0 Å². The minimum atomic E-state index is -0.777. The lowest BCUT2D eigenvalue weighted by molar-refractivity contribution is -0.124. The topological polar surface area (TPSA) is 82.1 Å². The summed E-state index contributed by atoms with van der Waals surface area (Å²) in [7, 11) is 0. The minimum absolute atomic E-state index is 0.153. The number of fused-ring (bicyclic) bond motifs is 1. The number of likely N-dealkylation sites (tertiary alicyclic amines) is 2. The number of hydrogen-bond acceptors (Lipinski definition) is 5. The maximum Gasteiger partial charge on any atom is 0.409 e. The Morgan fingerprint density at radius 2 is 2.00 bits per heavy atom. The van der Waals surface area contributed by atoms with E-state index in [9.17, 15) is 14.7 Å². The van der Waals surface area contributed by atoms with Crippen molar-refractivity contribution in [1.29, 1.82) is 0 Å². The number of ether oxygens (including phenoxy) is 1. The Labute approximate surface area is 156 Å². The zero-order valence-corrected chi connectivity index (χ0v) is 16.1. The summed E-state index contributed by atoms with van der Waals surface area (Å²) in [6.07, 6.45) is 5.44. The summed E-state index contributed by atoms with van der Waals surface area (Å²) < 4.78 is 5.06. The van der Waals surface area contributed by atoms with Gasteiger partial charge >= 0.3 is 6.09 Å². The Morgan fingerprint density at radius 3 is 2.69 bits per heavy atom. The number of piperidine rings is 1. The van der Waals surface area contributed by atoms with E-state index in [-0.39, 0.29) is 23.6 Å². The van der Waals surface area contributed by atoms with Crippen molar-refractivity contribution >= 4 is 12.0 Å². The summed E-state index contributed by atoms with van der Waals surface area (Å²) in [6, 6.07) is 0.277. The van der Waals surface area contributed by atoms with E-state index >= 15 is 0 Å². The van der Waals surface area contributed by atoms with E-state index in [4.69, 9.17) is 4.74 Å². The van der Waals surface area contributed by atoms with Crippen molar-refractivity contribution in [2.75, 3.05) is 32.8 Å². The summed E-state index contributed by atoms with van der Waals surface area (Å²) in [4.78, 5) is 28.0. The predicted octanol–water partition coefficient (Wildman–Crippen LogP) is 1.49. The Kier molecular flexibility index (Phi) is 5.77. The molecule has 2 atom stereocenters. The van der Waals surface area contributed by atoms with Gasteiger partial charge in [0.25, 0.3) is 0 Å². The minimum Gasteiger partial charge on any atom is -0.450 e. The number of carbonyl (C=O) groups excluding carboxylic acids is 2. The quantitative estimate of drug-likeness (QED) is 0.790. The Balaban J connectivity index is 1.60. The standard InChI is InChI=1S/C19H33N3O4/c1-3-26-17(24)21-12-9-19(25,10-13-21)14-22-11-8-18(2)15(22)6-4-5-7-16(23)20-18/h15,25H,3-14H2,1-2H3,(H,20,23)/t15-,18-/m0/s1. The van der Waals surface area contributed by atoms with Crippen molar-refractivity contribution in [2.24, 2.45) is 0 Å². The van der Waals surface area contributed by atoms with Crippen LogP contribution in [0.2, 0.25) is 0 Å². The number of hydrogen-bond donors (Lipinski definition) is 2. The lowest BCUT2D eigenvalue weighted by Gasteiger charge is -2.43. The van der Waals surface area contributed by atoms with Gasteiger partial charge in [-0.15, -0.1) is 0 Å². The van der Waals surface area contributed by atoms with Crippen LogP contribution in [0, 0.1) is 0 Å². The van der Waals surface area contributed by atoms with Gasteiger partial charge in [-0.1, -0.05) is 6.42 Å². The van der Waals surface area contributed by atoms with Gasteiger partial charge in [0.05, 0.1) is 17.7 Å². The fourth-order valence-corrected chi connectivity index (χ4v) is 4.80. The molecule has 26 heavy (non-hydrogen) atoms. The van der Waals surface area contributed by atoms with E-state index < -0.39 is 5.60 Å². The van der Waals surface area contributed by atoms with Crippen molar-refractivity contribution in [3.63, 3.8) is 0 Å². The van der Waals surface area contributed by atoms with Gasteiger partial charge in [0, 0.05) is 38.6 Å². The molecule has 2 N–H and O–H groups in total. The van der Waals surface area contributed by atoms with Crippen molar-refractivity contribution in [3.05, 3.63) is 0 Å². The van der Waals surface area contributed by atoms with E-state index in [0.29, 0.717) is 45.5 Å². The Hall–Kier alpha value is -1.34. The first-order chi connectivity index (χ1) is 12.4. The molecule has 2 amide bonds. The van der Waals surface area contributed by atoms with Crippen molar-refractivity contribution < 1.29 is 19.4 Å². The number of β-amino-alcohol motifs (C(OH)–C–C–N with tert-alkyl or cyclic N) is 1. The fraction of sp³-hybridized carbons (Fsp3) is 0.895. The van der Waals surface area contributed by atoms with Gasteiger partial charge in [0.2, 0.25) is 5.91 Å². The molecule has 3 aliphatic heterocycles. The van der Waals surface area contributed by atoms with Crippen LogP contribution in [0.1, 0.15) is 58.8 Å². The van der Waals surface area contributed by atoms with Crippen LogP contribution in [-0.4, -0.2) is 76.9 Å². The molecule has 0 aliphatic carbocycles. The van der Waals surface area contributed by atoms with Crippen LogP contribution in [-0.2, 0) is 9.53 Å². The molecule has 0 unspecified atom stereocenters. The van der Waals surface area contributed by atoms with Gasteiger partial charge in [-0.25, -0.2) is 4.79 Å². The second kappa shape index (κ2) is 7.72. The average molecular weight is 367 g/mol. The molecule has 3 saturated heterocycles. The molecule has 3 heterocycles. The highest BCUT2D eigenvalue weighted by molar-refractivity contribution is 5.77. The third-order valence-electron chi connectivity index (χ3n) is 6.37. The monoisotopic (exact) mass is 367 g/mol. The lowest BCUT2D eigenvalue weighted by Crippen LogP contribution is -2.58. The van der Waals surface area contributed by atoms with E-state index in [2.05, 4.69) is 17.1 Å². The van der Waals surface area contributed by atoms with Crippen LogP contribution in [0.4, 0.5) is 4.79 Å². The Bertz CT molecular complexity index is 533. The molecule has 0 spiro atoms. The first-order valence-corrected chi connectivity index (χ1v) is 10.0. The van der Waals surface area contributed by atoms with E-state index in [1.807, 2.05) is 0 Å². The second-order valence-corrected chi connectivity index (χ2v) is 8.36. The van der Waals surface area contributed by atoms with Crippen molar-refractivity contribution in [1.82, 2.24) is 15.1 Å².